The first-order valence-corrected chi connectivity index (χ1v) is 55.0. The molecule has 1 aliphatic heterocycles. The van der Waals surface area contributed by atoms with E-state index in [0.29, 0.717) is 0 Å². The second-order valence-corrected chi connectivity index (χ2v) is 50.0. The van der Waals surface area contributed by atoms with Crippen molar-refractivity contribution >= 4 is 113 Å². The Morgan fingerprint density at radius 2 is 0.689 bits per heavy atom. The topological polar surface area (TPSA) is 32.3 Å². The first-order chi connectivity index (χ1) is 50.1. The molecular weight excluding hydrogens is 1690 g/mol. The molecule has 2 aromatic heterocycles. The third-order valence-electron chi connectivity index (χ3n) is 21.9. The predicted molar refractivity (Wildman–Crippen MR) is 463 cm³/mol. The Hall–Kier alpha value is -2.29. The fourth-order valence-corrected chi connectivity index (χ4v) is 31.6. The summed E-state index contributed by atoms with van der Waals surface area (Å²) in [5.41, 5.74) is 22.8. The van der Waals surface area contributed by atoms with Gasteiger partial charge >= 0.3 is 194 Å². The molecule has 0 N–H and O–H groups in total. The van der Waals surface area contributed by atoms with Gasteiger partial charge in [-0.25, -0.2) is 0 Å². The Morgan fingerprint density at radius 3 is 0.932 bits per heavy atom. The number of benzene rings is 5. The molecule has 564 valence electrons. The molecule has 5 aromatic carbocycles. The van der Waals surface area contributed by atoms with Crippen molar-refractivity contribution in [3.8, 4) is 0 Å². The second kappa shape index (κ2) is 49.1. The van der Waals surface area contributed by atoms with Crippen LogP contribution in [0.5, 0.6) is 0 Å². The van der Waals surface area contributed by atoms with Gasteiger partial charge in [0.2, 0.25) is 0 Å². The standard InChI is InChI=1S/C21H27N2.2C18H33P.C15H12.C7H6.2C5H4BrN.4ClH.2Ru/c1-14-9-16(3)20(17(4)10-14)22-7-8-23(13-22)21-18(5)11-15(2)12-19(21)6;2*1-4-10-16(11-5-1)19(17-12-6-2-7-13-17)18-14-8-3-9-15-18;1-2-15(13-9-5-3-6-10-13)14-11-7-4-8-12-14;1-7-5-3-2-4-6-7;2*6-5-2-1-3-7-4-5;;;;;;/h9-13H,7-8H2,1-6H3;2*16-18H,1-15H2;1-12H;1-6H;2*1-4H;4*1H;;/q-1;;;;;;;;;;;2*+2/p-2. The molecule has 14 heteroatoms. The van der Waals surface area contributed by atoms with Crippen LogP contribution in [0.4, 0.5) is 11.4 Å². The molecule has 0 unspecified atom stereocenters. The summed E-state index contributed by atoms with van der Waals surface area (Å²) in [5, 5.41) is 0. The van der Waals surface area contributed by atoms with Crippen LogP contribution in [0.1, 0.15) is 243 Å². The molecule has 7 aliphatic rings. The average Bonchev–Trinajstić information content (AvgIpc) is 1.65. The molecule has 1 saturated heterocycles. The van der Waals surface area contributed by atoms with E-state index in [1.165, 1.54) is 89.8 Å². The normalized spacial score (nSPS) is 18.0. The molecule has 4 nitrogen and oxygen atoms in total. The number of halogens is 6. The van der Waals surface area contributed by atoms with Crippen LogP contribution in [0, 0.1) is 48.2 Å². The van der Waals surface area contributed by atoms with Crippen molar-refractivity contribution in [2.24, 2.45) is 0 Å². The number of aryl methyl sites for hydroxylation is 6. The fourth-order valence-electron chi connectivity index (χ4n) is 17.7. The van der Waals surface area contributed by atoms with Crippen molar-refractivity contribution < 1.29 is 27.0 Å². The zero-order valence-corrected chi connectivity index (χ0v) is 74.4. The van der Waals surface area contributed by atoms with Gasteiger partial charge in [-0.05, 0) is 274 Å². The Kier molecular flexibility index (Phi) is 41.1. The van der Waals surface area contributed by atoms with E-state index in [1.54, 1.807) is 217 Å². The fraction of sp³-hybridized carbons (Fsp3) is 0.494. The van der Waals surface area contributed by atoms with Gasteiger partial charge in [-0.2, -0.15) is 6.67 Å². The van der Waals surface area contributed by atoms with Crippen molar-refractivity contribution in [2.75, 3.05) is 22.9 Å². The second-order valence-electron chi connectivity index (χ2n) is 29.7. The van der Waals surface area contributed by atoms with Gasteiger partial charge in [0.15, 0.2) is 0 Å². The zero-order chi connectivity index (χ0) is 73.0. The first kappa shape index (κ1) is 86.3. The molecule has 103 heavy (non-hydrogen) atoms. The number of anilines is 2. The third-order valence-corrected chi connectivity index (χ3v) is 35.6. The maximum absolute atomic E-state index is 5.91. The summed E-state index contributed by atoms with van der Waals surface area (Å²) >= 11 is 3.11. The Balaban J connectivity index is 0.000000158. The van der Waals surface area contributed by atoms with Gasteiger partial charge in [0.05, 0.1) is 34.0 Å². The molecule has 6 aliphatic carbocycles. The minimum absolute atomic E-state index is 0.0465. The number of rotatable bonds is 12. The van der Waals surface area contributed by atoms with Gasteiger partial charge in [0, 0.05) is 74.0 Å². The first-order valence-electron chi connectivity index (χ1n) is 39.0. The molecule has 0 atom stereocenters. The molecule has 7 aromatic rings. The van der Waals surface area contributed by atoms with Gasteiger partial charge in [0.1, 0.15) is 0 Å². The Labute approximate surface area is 670 Å². The summed E-state index contributed by atoms with van der Waals surface area (Å²) in [6.45, 7) is 17.6. The average molecular weight is 1810 g/mol. The van der Waals surface area contributed by atoms with Crippen LogP contribution in [-0.4, -0.2) is 66.2 Å². The Morgan fingerprint density at radius 1 is 0.398 bits per heavy atom. The van der Waals surface area contributed by atoms with Crippen LogP contribution in [-0.2, 0) is 27.0 Å². The van der Waals surface area contributed by atoms with Crippen molar-refractivity contribution in [3.05, 3.63) is 236 Å². The summed E-state index contributed by atoms with van der Waals surface area (Å²) in [5.74, 6) is 0. The number of allylic oxidation sites excluding steroid dienone is 1. The van der Waals surface area contributed by atoms with E-state index in [2.05, 4.69) is 148 Å². The molecule has 14 rings (SSSR count). The van der Waals surface area contributed by atoms with E-state index in [0.717, 1.165) is 33.2 Å². The van der Waals surface area contributed by atoms with Crippen LogP contribution in [0.25, 0.3) is 5.57 Å². The van der Waals surface area contributed by atoms with Crippen molar-refractivity contribution in [1.82, 2.24) is 9.97 Å². The number of aromatic nitrogens is 2. The summed E-state index contributed by atoms with van der Waals surface area (Å²) in [7, 11) is 23.0. The number of hydrogen-bond acceptors (Lipinski definition) is 4. The molecule has 0 bridgehead atoms. The van der Waals surface area contributed by atoms with Crippen molar-refractivity contribution in [2.45, 2.75) is 268 Å². The molecule has 7 fully saturated rings. The van der Waals surface area contributed by atoms with E-state index in [9.17, 15) is 0 Å². The molecule has 3 heterocycles. The van der Waals surface area contributed by atoms with Gasteiger partial charge in [-0.3, -0.25) is 9.97 Å². The van der Waals surface area contributed by atoms with Crippen LogP contribution in [0.15, 0.2) is 179 Å². The summed E-state index contributed by atoms with van der Waals surface area (Å²) in [6, 6.07) is 47.1. The van der Waals surface area contributed by atoms with Crippen molar-refractivity contribution in [3.63, 3.8) is 0 Å². The summed E-state index contributed by atoms with van der Waals surface area (Å²) in [4.78, 5) is 12.5. The summed E-state index contributed by atoms with van der Waals surface area (Å²) in [6.07, 6.45) is 56.6. The van der Waals surface area contributed by atoms with Crippen molar-refractivity contribution in [1.29, 1.82) is 0 Å². The molecule has 0 amide bonds. The van der Waals surface area contributed by atoms with Gasteiger partial charge < -0.3 is 9.80 Å². The molecule has 6 saturated carbocycles. The SMILES string of the molecule is Brc1cccnc1.Brc1cccnc1.C1CCC([PH+](C2CCCCC2)C2CCCCC2)CC1.C1CCC([PH+](C2CCCCC2)C2CCCCC2)CC1.Cc1cc(C)c(N2[CH-]N(c3c(C)cc(C)cc3C)CC2)c(C)c1.[Cl][Ru]([Cl])=[CH]C=C(c1ccccc1)c1ccccc1.[Cl][Ru]([Cl])=[CH]c1ccccc1. The van der Waals surface area contributed by atoms with Gasteiger partial charge in [0.25, 0.3) is 0 Å². The van der Waals surface area contributed by atoms with Crippen LogP contribution in [0.2, 0.25) is 0 Å². The Bertz CT molecular complexity index is 3240. The zero-order valence-electron chi connectivity index (χ0n) is 62.8. The third kappa shape index (κ3) is 30.8. The maximum atomic E-state index is 5.91. The van der Waals surface area contributed by atoms with Crippen LogP contribution >= 0.6 is 86.5 Å². The van der Waals surface area contributed by atoms with Crippen LogP contribution in [0.3, 0.4) is 0 Å². The van der Waals surface area contributed by atoms with Gasteiger partial charge in [-0.1, -0.05) is 73.9 Å². The molecule has 0 spiro atoms. The number of pyridine rings is 2. The quantitative estimate of drug-likeness (QED) is 0.0693. The number of nitrogens with zero attached hydrogens (tertiary/aromatic N) is 4. The van der Waals surface area contributed by atoms with Gasteiger partial charge in [-0.15, -0.1) is 0 Å². The predicted octanol–water partition coefficient (Wildman–Crippen LogP) is 28.7. The minimum atomic E-state index is -1.77. The van der Waals surface area contributed by atoms with E-state index < -0.39 is 27.0 Å². The molecular formula is C89H121Br2Cl4N4P2Ru2+. The monoisotopic (exact) mass is 1810 g/mol. The van der Waals surface area contributed by atoms with E-state index in [-0.39, 0.29) is 15.8 Å². The summed E-state index contributed by atoms with van der Waals surface area (Å²) < 4.78 is 5.89. The van der Waals surface area contributed by atoms with E-state index in [4.69, 9.17) is 38.8 Å². The van der Waals surface area contributed by atoms with Crippen LogP contribution < -0.4 is 9.80 Å². The molecule has 0 radical (unpaired) electrons. The van der Waals surface area contributed by atoms with E-state index in [1.807, 2.05) is 106 Å². The van der Waals surface area contributed by atoms with E-state index >= 15 is 0 Å². The number of hydrogen-bond donors (Lipinski definition) is 0.